The molecule has 0 saturated carbocycles. The molecule has 0 aliphatic heterocycles. The fraction of sp³-hybridized carbons (Fsp3) is 0.750. The highest BCUT2D eigenvalue weighted by Crippen LogP contribution is 2.43. The number of amides is 1. The third-order valence-corrected chi connectivity index (χ3v) is 6.62. The zero-order valence-corrected chi connectivity index (χ0v) is 13.9. The van der Waals surface area contributed by atoms with E-state index in [0.717, 1.165) is 0 Å². The molecule has 0 unspecified atom stereocenters. The fourth-order valence-electron chi connectivity index (χ4n) is 1.74. The molecule has 9 heteroatoms. The number of hydrogen-bond donors (Lipinski definition) is 4. The van der Waals surface area contributed by atoms with Crippen molar-refractivity contribution >= 4 is 39.4 Å². The minimum Gasteiger partial charge on any atom is -0.480 e. The molecule has 0 aromatic heterocycles. The number of carboxylic acids is 2. The van der Waals surface area contributed by atoms with Crippen LogP contribution in [0.5, 0.6) is 0 Å². The van der Waals surface area contributed by atoms with Crippen LogP contribution in [0.2, 0.25) is 0 Å². The number of carbonyl (C=O) groups is 3. The average Bonchev–Trinajstić information content (AvgIpc) is 2.41. The Balaban J connectivity index is 4.98. The maximum absolute atomic E-state index is 11.4. The van der Waals surface area contributed by atoms with Gasteiger partial charge in [0.05, 0.1) is 4.75 Å². The van der Waals surface area contributed by atoms with Gasteiger partial charge in [-0.3, -0.25) is 9.59 Å². The van der Waals surface area contributed by atoms with Gasteiger partial charge in [0.2, 0.25) is 5.91 Å². The van der Waals surface area contributed by atoms with E-state index in [-0.39, 0.29) is 5.75 Å². The number of nitrogens with one attached hydrogen (secondary N) is 1. The molecule has 0 fully saturated rings. The largest absolute Gasteiger partial charge is 0.480 e. The molecule has 0 bridgehead atoms. The maximum atomic E-state index is 11.4. The summed E-state index contributed by atoms with van der Waals surface area (Å²) < 4.78 is -0.722. The van der Waals surface area contributed by atoms with E-state index in [2.05, 4.69) is 5.32 Å². The molecule has 122 valence electrons. The fourth-order valence-corrected chi connectivity index (χ4v) is 5.17. The van der Waals surface area contributed by atoms with Gasteiger partial charge in [-0.1, -0.05) is 35.4 Å². The van der Waals surface area contributed by atoms with Gasteiger partial charge in [-0.2, -0.15) is 0 Å². The summed E-state index contributed by atoms with van der Waals surface area (Å²) >= 11 is 0. The monoisotopic (exact) mass is 338 g/mol. The van der Waals surface area contributed by atoms with Crippen molar-refractivity contribution in [2.45, 2.75) is 50.4 Å². The Kier molecular flexibility index (Phi) is 8.76. The van der Waals surface area contributed by atoms with Gasteiger partial charge in [-0.15, -0.1) is 0 Å². The average molecular weight is 338 g/mol. The van der Waals surface area contributed by atoms with Gasteiger partial charge in [0.15, 0.2) is 0 Å². The van der Waals surface area contributed by atoms with Crippen LogP contribution < -0.4 is 11.1 Å². The van der Waals surface area contributed by atoms with E-state index in [4.69, 9.17) is 10.8 Å². The van der Waals surface area contributed by atoms with Crippen LogP contribution >= 0.6 is 21.6 Å². The van der Waals surface area contributed by atoms with Gasteiger partial charge in [0, 0.05) is 12.7 Å². The van der Waals surface area contributed by atoms with E-state index >= 15 is 0 Å². The number of aliphatic carboxylic acids is 2. The standard InChI is InChI=1S/C12H22N2O5S2/c1-4-12(5-2,9(11(18)19)14-7(3)15)21-20-6-8(13)10(16)17/h8-9H,4-6,13H2,1-3H3,(H,14,15)(H,16,17)(H,18,19)/t8-,9+/m0/s1. The van der Waals surface area contributed by atoms with E-state index in [0.29, 0.717) is 12.8 Å². The lowest BCUT2D eigenvalue weighted by Crippen LogP contribution is -2.54. The molecule has 5 N–H and O–H groups in total. The van der Waals surface area contributed by atoms with Crippen LogP contribution in [0.1, 0.15) is 33.6 Å². The van der Waals surface area contributed by atoms with Crippen molar-refractivity contribution in [3.05, 3.63) is 0 Å². The minimum atomic E-state index is -1.11. The Labute approximate surface area is 131 Å². The molecule has 7 nitrogen and oxygen atoms in total. The van der Waals surface area contributed by atoms with Crippen LogP contribution in [-0.2, 0) is 14.4 Å². The Bertz CT molecular complexity index is 388. The van der Waals surface area contributed by atoms with Gasteiger partial charge in [0.25, 0.3) is 0 Å². The molecule has 0 saturated heterocycles. The Morgan fingerprint density at radius 3 is 2.05 bits per heavy atom. The van der Waals surface area contributed by atoms with Crippen LogP contribution in [0.25, 0.3) is 0 Å². The van der Waals surface area contributed by atoms with E-state index in [1.807, 2.05) is 13.8 Å². The second kappa shape index (κ2) is 9.16. The second-order valence-electron chi connectivity index (χ2n) is 4.56. The van der Waals surface area contributed by atoms with E-state index < -0.39 is 34.7 Å². The number of carboxylic acid groups (broad SMARTS) is 2. The number of carbonyl (C=O) groups excluding carboxylic acids is 1. The lowest BCUT2D eigenvalue weighted by molar-refractivity contribution is -0.142. The predicted octanol–water partition coefficient (Wildman–Crippen LogP) is 0.928. The van der Waals surface area contributed by atoms with Crippen molar-refractivity contribution in [1.29, 1.82) is 0 Å². The highest BCUT2D eigenvalue weighted by Gasteiger charge is 2.42. The number of hydrogen-bond acceptors (Lipinski definition) is 6. The number of nitrogens with two attached hydrogens (primary N) is 1. The van der Waals surface area contributed by atoms with Crippen LogP contribution in [0.4, 0.5) is 0 Å². The van der Waals surface area contributed by atoms with Crippen molar-refractivity contribution < 1.29 is 24.6 Å². The normalized spacial score (nSPS) is 14.3. The van der Waals surface area contributed by atoms with Gasteiger partial charge in [-0.05, 0) is 12.8 Å². The summed E-state index contributed by atoms with van der Waals surface area (Å²) in [5.41, 5.74) is 5.43. The van der Waals surface area contributed by atoms with Crippen molar-refractivity contribution in [3.63, 3.8) is 0 Å². The molecule has 21 heavy (non-hydrogen) atoms. The maximum Gasteiger partial charge on any atom is 0.327 e. The van der Waals surface area contributed by atoms with Crippen LogP contribution in [0.3, 0.4) is 0 Å². The Morgan fingerprint density at radius 1 is 1.19 bits per heavy atom. The first-order chi connectivity index (χ1) is 9.70. The van der Waals surface area contributed by atoms with E-state index in [9.17, 15) is 19.5 Å². The molecule has 2 atom stereocenters. The molecule has 0 aliphatic rings. The molecule has 0 rings (SSSR count). The van der Waals surface area contributed by atoms with Crippen molar-refractivity contribution in [1.82, 2.24) is 5.32 Å². The topological polar surface area (TPSA) is 130 Å². The predicted molar refractivity (Wildman–Crippen MR) is 84.2 cm³/mol. The lowest BCUT2D eigenvalue weighted by atomic mass is 9.92. The molecule has 0 heterocycles. The first-order valence-corrected chi connectivity index (χ1v) is 8.81. The highest BCUT2D eigenvalue weighted by atomic mass is 33.1. The minimum absolute atomic E-state index is 0.161. The first-order valence-electron chi connectivity index (χ1n) is 6.49. The molecule has 0 aromatic rings. The summed E-state index contributed by atoms with van der Waals surface area (Å²) in [4.78, 5) is 33.4. The van der Waals surface area contributed by atoms with Crippen molar-refractivity contribution in [2.75, 3.05) is 5.75 Å². The van der Waals surface area contributed by atoms with Crippen LogP contribution in [0.15, 0.2) is 0 Å². The summed E-state index contributed by atoms with van der Waals surface area (Å²) in [7, 11) is 2.49. The van der Waals surface area contributed by atoms with Gasteiger partial charge < -0.3 is 21.3 Å². The quantitative estimate of drug-likeness (QED) is 0.433. The second-order valence-corrected chi connectivity index (χ2v) is 7.31. The number of rotatable bonds is 10. The molecule has 0 aromatic carbocycles. The molecular weight excluding hydrogens is 316 g/mol. The third kappa shape index (κ3) is 6.15. The summed E-state index contributed by atoms with van der Waals surface area (Å²) in [5, 5.41) is 20.6. The first kappa shape index (κ1) is 20.1. The van der Waals surface area contributed by atoms with Gasteiger partial charge >= 0.3 is 11.9 Å². The molecule has 0 spiro atoms. The molecule has 0 radical (unpaired) electrons. The smallest absolute Gasteiger partial charge is 0.327 e. The van der Waals surface area contributed by atoms with Gasteiger partial charge in [0.1, 0.15) is 12.1 Å². The summed E-state index contributed by atoms with van der Waals surface area (Å²) in [6.45, 7) is 4.95. The van der Waals surface area contributed by atoms with Crippen LogP contribution in [-0.4, -0.2) is 50.6 Å². The van der Waals surface area contributed by atoms with E-state index in [1.54, 1.807) is 0 Å². The molecular formula is C12H22N2O5S2. The Morgan fingerprint density at radius 2 is 1.71 bits per heavy atom. The highest BCUT2D eigenvalue weighted by molar-refractivity contribution is 8.77. The zero-order chi connectivity index (χ0) is 16.6. The lowest BCUT2D eigenvalue weighted by Gasteiger charge is -2.36. The zero-order valence-electron chi connectivity index (χ0n) is 12.3. The van der Waals surface area contributed by atoms with E-state index in [1.165, 1.54) is 28.5 Å². The molecule has 0 aliphatic carbocycles. The summed E-state index contributed by atoms with van der Waals surface area (Å²) in [6.07, 6.45) is 1.03. The van der Waals surface area contributed by atoms with Crippen LogP contribution in [0, 0.1) is 0 Å². The third-order valence-electron chi connectivity index (χ3n) is 3.11. The summed E-state index contributed by atoms with van der Waals surface area (Å²) in [5.74, 6) is -2.46. The van der Waals surface area contributed by atoms with Crippen molar-refractivity contribution in [3.8, 4) is 0 Å². The van der Waals surface area contributed by atoms with Gasteiger partial charge in [-0.25, -0.2) is 4.79 Å². The SMILES string of the molecule is CCC(CC)(SSC[C@H](N)C(=O)O)[C@H](NC(C)=O)C(=O)O. The molecule has 1 amide bonds. The van der Waals surface area contributed by atoms with Crippen molar-refractivity contribution in [2.24, 2.45) is 5.73 Å². The Hall–Kier alpha value is -0.930. The summed E-state index contributed by atoms with van der Waals surface area (Å²) in [6, 6.07) is -2.04.